The maximum atomic E-state index is 6.07. The molecule has 84 valence electrons. The van der Waals surface area contributed by atoms with Gasteiger partial charge in [0.05, 0.1) is 6.61 Å². The molecule has 0 aliphatic carbocycles. The Hall–Kier alpha value is -0.730. The minimum absolute atomic E-state index is 0.0114. The summed E-state index contributed by atoms with van der Waals surface area (Å²) in [5.74, 6) is 0.847. The maximum Gasteiger partial charge on any atom is 0.119 e. The van der Waals surface area contributed by atoms with Crippen LogP contribution in [0.15, 0.2) is 18.2 Å². The highest BCUT2D eigenvalue weighted by Gasteiger charge is 2.09. The van der Waals surface area contributed by atoms with E-state index < -0.39 is 0 Å². The molecule has 0 radical (unpaired) electrons. The monoisotopic (exact) mass is 227 g/mol. The quantitative estimate of drug-likeness (QED) is 0.835. The summed E-state index contributed by atoms with van der Waals surface area (Å²) in [6.07, 6.45) is 1.87. The molecule has 1 aromatic rings. The average molecular weight is 228 g/mol. The largest absolute Gasteiger partial charge is 0.494 e. The van der Waals surface area contributed by atoms with Gasteiger partial charge in [-0.05, 0) is 36.6 Å². The van der Waals surface area contributed by atoms with Crippen LogP contribution in [0.2, 0.25) is 5.02 Å². The Morgan fingerprint density at radius 2 is 2.13 bits per heavy atom. The zero-order valence-electron chi connectivity index (χ0n) is 9.29. The molecule has 3 heteroatoms. The van der Waals surface area contributed by atoms with Crippen LogP contribution in [0.1, 0.15) is 38.3 Å². The van der Waals surface area contributed by atoms with Gasteiger partial charge >= 0.3 is 0 Å². The summed E-state index contributed by atoms with van der Waals surface area (Å²) in [4.78, 5) is 0. The highest BCUT2D eigenvalue weighted by atomic mass is 35.5. The summed E-state index contributed by atoms with van der Waals surface area (Å²) in [5.41, 5.74) is 6.92. The van der Waals surface area contributed by atoms with Gasteiger partial charge in [-0.15, -0.1) is 0 Å². The Bertz CT molecular complexity index is 314. The van der Waals surface area contributed by atoms with Crippen molar-refractivity contribution >= 4 is 11.6 Å². The predicted molar refractivity (Wildman–Crippen MR) is 64.5 cm³/mol. The summed E-state index contributed by atoms with van der Waals surface area (Å²) in [6, 6.07) is 5.65. The number of rotatable bonds is 5. The van der Waals surface area contributed by atoms with Crippen LogP contribution in [0.3, 0.4) is 0 Å². The van der Waals surface area contributed by atoms with Crippen molar-refractivity contribution in [3.8, 4) is 5.75 Å². The lowest BCUT2D eigenvalue weighted by Gasteiger charge is -2.13. The van der Waals surface area contributed by atoms with Crippen molar-refractivity contribution in [2.24, 2.45) is 5.73 Å². The first-order valence-corrected chi connectivity index (χ1v) is 5.74. The molecule has 0 spiro atoms. The lowest BCUT2D eigenvalue weighted by Crippen LogP contribution is -2.09. The minimum Gasteiger partial charge on any atom is -0.494 e. The normalized spacial score (nSPS) is 12.5. The zero-order chi connectivity index (χ0) is 11.3. The fraction of sp³-hybridized carbons (Fsp3) is 0.500. The van der Waals surface area contributed by atoms with Crippen LogP contribution >= 0.6 is 11.6 Å². The molecule has 1 rings (SSSR count). The van der Waals surface area contributed by atoms with E-state index in [0.717, 1.165) is 30.8 Å². The van der Waals surface area contributed by atoms with E-state index in [2.05, 4.69) is 6.92 Å². The van der Waals surface area contributed by atoms with Gasteiger partial charge in [0.2, 0.25) is 0 Å². The third kappa shape index (κ3) is 3.40. The second-order valence-electron chi connectivity index (χ2n) is 3.55. The molecule has 0 aliphatic heterocycles. The van der Waals surface area contributed by atoms with Crippen LogP contribution in [0.25, 0.3) is 0 Å². The van der Waals surface area contributed by atoms with Gasteiger partial charge in [0.15, 0.2) is 0 Å². The summed E-state index contributed by atoms with van der Waals surface area (Å²) in [5, 5.41) is 0.716. The van der Waals surface area contributed by atoms with E-state index >= 15 is 0 Å². The minimum atomic E-state index is -0.0114. The third-order valence-corrected chi connectivity index (χ3v) is 2.62. The topological polar surface area (TPSA) is 35.2 Å². The van der Waals surface area contributed by atoms with Crippen molar-refractivity contribution < 1.29 is 4.74 Å². The molecule has 0 amide bonds. The van der Waals surface area contributed by atoms with Crippen LogP contribution in [0.4, 0.5) is 0 Å². The highest BCUT2D eigenvalue weighted by Crippen LogP contribution is 2.27. The van der Waals surface area contributed by atoms with Crippen LogP contribution in [-0.4, -0.2) is 6.61 Å². The summed E-state index contributed by atoms with van der Waals surface area (Å²) in [6.45, 7) is 4.84. The lowest BCUT2D eigenvalue weighted by atomic mass is 10.1. The number of hydrogen-bond donors (Lipinski definition) is 1. The van der Waals surface area contributed by atoms with Gasteiger partial charge in [-0.25, -0.2) is 0 Å². The number of hydrogen-bond acceptors (Lipinski definition) is 2. The van der Waals surface area contributed by atoms with Crippen molar-refractivity contribution in [2.45, 2.75) is 32.7 Å². The molecule has 0 aliphatic rings. The van der Waals surface area contributed by atoms with Gasteiger partial charge < -0.3 is 10.5 Å². The predicted octanol–water partition coefficient (Wildman–Crippen LogP) is 3.54. The number of ether oxygens (including phenoxy) is 1. The molecule has 0 saturated heterocycles. The van der Waals surface area contributed by atoms with Gasteiger partial charge in [0, 0.05) is 11.1 Å². The Balaban J connectivity index is 2.84. The Morgan fingerprint density at radius 1 is 1.40 bits per heavy atom. The van der Waals surface area contributed by atoms with Crippen LogP contribution < -0.4 is 10.5 Å². The fourth-order valence-electron chi connectivity index (χ4n) is 1.34. The van der Waals surface area contributed by atoms with Gasteiger partial charge in [-0.3, -0.25) is 0 Å². The van der Waals surface area contributed by atoms with E-state index in [1.165, 1.54) is 0 Å². The van der Waals surface area contributed by atoms with E-state index in [9.17, 15) is 0 Å². The summed E-state index contributed by atoms with van der Waals surface area (Å²) >= 11 is 6.07. The first-order valence-electron chi connectivity index (χ1n) is 5.36. The fourth-order valence-corrected chi connectivity index (χ4v) is 1.59. The second-order valence-corrected chi connectivity index (χ2v) is 3.95. The van der Waals surface area contributed by atoms with E-state index in [-0.39, 0.29) is 6.04 Å². The molecular weight excluding hydrogens is 210 g/mol. The number of nitrogens with two attached hydrogens (primary N) is 1. The highest BCUT2D eigenvalue weighted by molar-refractivity contribution is 6.31. The molecule has 0 bridgehead atoms. The van der Waals surface area contributed by atoms with Gasteiger partial charge in [0.1, 0.15) is 5.75 Å². The Kier molecular flexibility index (Phi) is 4.92. The van der Waals surface area contributed by atoms with Crippen molar-refractivity contribution in [2.75, 3.05) is 6.61 Å². The molecule has 2 N–H and O–H groups in total. The van der Waals surface area contributed by atoms with Crippen molar-refractivity contribution in [3.05, 3.63) is 28.8 Å². The van der Waals surface area contributed by atoms with Crippen molar-refractivity contribution in [1.29, 1.82) is 0 Å². The number of benzene rings is 1. The Morgan fingerprint density at radius 3 is 2.73 bits per heavy atom. The molecule has 1 atom stereocenters. The number of halogens is 1. The van der Waals surface area contributed by atoms with Gasteiger partial charge in [-0.2, -0.15) is 0 Å². The molecule has 1 unspecified atom stereocenters. The van der Waals surface area contributed by atoms with Crippen LogP contribution in [0, 0.1) is 0 Å². The van der Waals surface area contributed by atoms with Gasteiger partial charge in [0.25, 0.3) is 0 Å². The molecular formula is C12H18ClNO. The molecule has 2 nitrogen and oxygen atoms in total. The zero-order valence-corrected chi connectivity index (χ0v) is 10.1. The molecule has 15 heavy (non-hydrogen) atoms. The van der Waals surface area contributed by atoms with Crippen molar-refractivity contribution in [1.82, 2.24) is 0 Å². The van der Waals surface area contributed by atoms with E-state index in [1.807, 2.05) is 25.1 Å². The Labute approximate surface area is 96.4 Å². The standard InChI is InChI=1S/C12H18ClNO/c1-3-7-15-9-5-6-11(13)10(8-9)12(14)4-2/h5-6,8,12H,3-4,7,14H2,1-2H3. The molecule has 1 aromatic carbocycles. The van der Waals surface area contributed by atoms with E-state index in [1.54, 1.807) is 0 Å². The van der Waals surface area contributed by atoms with E-state index in [4.69, 9.17) is 22.1 Å². The molecule has 0 saturated carbocycles. The molecule has 0 aromatic heterocycles. The first kappa shape index (κ1) is 12.3. The van der Waals surface area contributed by atoms with Crippen molar-refractivity contribution in [3.63, 3.8) is 0 Å². The SMILES string of the molecule is CCCOc1ccc(Cl)c(C(N)CC)c1. The smallest absolute Gasteiger partial charge is 0.119 e. The van der Waals surface area contributed by atoms with E-state index in [0.29, 0.717) is 5.02 Å². The van der Waals surface area contributed by atoms with Crippen LogP contribution in [-0.2, 0) is 0 Å². The summed E-state index contributed by atoms with van der Waals surface area (Å²) < 4.78 is 5.53. The summed E-state index contributed by atoms with van der Waals surface area (Å²) in [7, 11) is 0. The van der Waals surface area contributed by atoms with Gasteiger partial charge in [-0.1, -0.05) is 25.4 Å². The average Bonchev–Trinajstić information content (AvgIpc) is 2.27. The third-order valence-electron chi connectivity index (χ3n) is 2.28. The lowest BCUT2D eigenvalue weighted by molar-refractivity contribution is 0.317. The maximum absolute atomic E-state index is 6.07. The molecule has 0 fully saturated rings. The first-order chi connectivity index (χ1) is 7.19. The second kappa shape index (κ2) is 5.99. The van der Waals surface area contributed by atoms with Crippen LogP contribution in [0.5, 0.6) is 5.75 Å². The molecule has 0 heterocycles.